The molecule has 5 rings (SSSR count). The molecule has 0 spiro atoms. The summed E-state index contributed by atoms with van der Waals surface area (Å²) in [5, 5.41) is 6.97. The molecule has 0 aliphatic carbocycles. The second kappa shape index (κ2) is 11.8. The molecular weight excluding hydrogens is 499 g/mol. The van der Waals surface area contributed by atoms with Crippen LogP contribution in [-0.4, -0.2) is 23.1 Å². The van der Waals surface area contributed by atoms with Gasteiger partial charge < -0.3 is 11.1 Å². The fourth-order valence-electron chi connectivity index (χ4n) is 5.06. The predicted molar refractivity (Wildman–Crippen MR) is 163 cm³/mol. The minimum atomic E-state index is -2.74. The summed E-state index contributed by atoms with van der Waals surface area (Å²) >= 11 is 0. The maximum absolute atomic E-state index is 13.5. The SMILES string of the molecule is NC(=O)[C@H](NC(=O)c1ccccc1)C(c1ccccc1)=P(c1ccccc1)(c1ccccc1)c1ccccc1. The van der Waals surface area contributed by atoms with Crippen molar-refractivity contribution in [2.75, 3.05) is 0 Å². The third-order valence-electron chi connectivity index (χ3n) is 6.73. The summed E-state index contributed by atoms with van der Waals surface area (Å²) in [6.45, 7) is -2.74. The monoisotopic (exact) mass is 528 g/mol. The van der Waals surface area contributed by atoms with Crippen molar-refractivity contribution in [3.05, 3.63) is 163 Å². The Kier molecular flexibility index (Phi) is 7.86. The lowest BCUT2D eigenvalue weighted by atomic mass is 10.0. The zero-order valence-electron chi connectivity index (χ0n) is 21.4. The van der Waals surface area contributed by atoms with Crippen LogP contribution in [0.1, 0.15) is 15.9 Å². The number of amides is 2. The zero-order valence-corrected chi connectivity index (χ0v) is 22.2. The molecule has 5 heteroatoms. The Morgan fingerprint density at radius 1 is 0.513 bits per heavy atom. The van der Waals surface area contributed by atoms with Crippen LogP contribution in [0.4, 0.5) is 0 Å². The van der Waals surface area contributed by atoms with Gasteiger partial charge in [-0.05, 0) is 40.5 Å². The second-order valence-corrected chi connectivity index (χ2v) is 12.5. The number of carbonyl (C=O) groups is 2. The molecule has 0 aromatic heterocycles. The van der Waals surface area contributed by atoms with E-state index in [4.69, 9.17) is 5.73 Å². The second-order valence-electron chi connectivity index (χ2n) is 9.10. The van der Waals surface area contributed by atoms with Gasteiger partial charge in [0.05, 0.1) is 0 Å². The zero-order chi connectivity index (χ0) is 27.1. The Bertz CT molecular complexity index is 1500. The Balaban J connectivity index is 1.96. The minimum Gasteiger partial charge on any atom is -0.368 e. The summed E-state index contributed by atoms with van der Waals surface area (Å²) in [4.78, 5) is 26.9. The number of nitrogens with one attached hydrogen (secondary N) is 1. The average Bonchev–Trinajstić information content (AvgIpc) is 3.01. The summed E-state index contributed by atoms with van der Waals surface area (Å²) < 4.78 is 0. The van der Waals surface area contributed by atoms with Crippen molar-refractivity contribution >= 4 is 39.9 Å². The van der Waals surface area contributed by atoms with Crippen LogP contribution in [0.3, 0.4) is 0 Å². The van der Waals surface area contributed by atoms with Gasteiger partial charge in [-0.15, -0.1) is 0 Å². The fourth-order valence-corrected chi connectivity index (χ4v) is 9.76. The number of primary amides is 1. The van der Waals surface area contributed by atoms with Crippen molar-refractivity contribution in [2.24, 2.45) is 5.73 Å². The Hall–Kier alpha value is -4.66. The molecule has 0 unspecified atom stereocenters. The number of nitrogens with two attached hydrogens (primary N) is 1. The highest BCUT2D eigenvalue weighted by Gasteiger charge is 2.37. The number of carbonyl (C=O) groups excluding carboxylic acids is 2. The lowest BCUT2D eigenvalue weighted by Crippen LogP contribution is -2.52. The molecule has 0 saturated carbocycles. The maximum Gasteiger partial charge on any atom is 0.252 e. The standard InChI is InChI=1S/C34H29N2O2P/c35-33(37)31(36-34(38)27-18-8-2-9-19-27)32(26-16-6-1-7-17-26)39(28-20-10-3-11-21-28,29-22-12-4-13-23-29)30-24-14-5-15-25-30/h1-25,31H,(H2,35,37)(H,36,38)/t31-/m1/s1. The largest absolute Gasteiger partial charge is 0.368 e. The molecule has 0 aliphatic heterocycles. The van der Waals surface area contributed by atoms with Gasteiger partial charge in [0.1, 0.15) is 6.04 Å². The third-order valence-corrected chi connectivity index (χ3v) is 11.2. The Morgan fingerprint density at radius 2 is 0.846 bits per heavy atom. The van der Waals surface area contributed by atoms with E-state index in [-0.39, 0.29) is 5.91 Å². The van der Waals surface area contributed by atoms with E-state index in [1.807, 2.05) is 91.0 Å². The van der Waals surface area contributed by atoms with Crippen LogP contribution in [0.5, 0.6) is 0 Å². The molecule has 1 atom stereocenters. The smallest absolute Gasteiger partial charge is 0.252 e. The number of hydrogen-bond donors (Lipinski definition) is 2. The molecule has 39 heavy (non-hydrogen) atoms. The normalized spacial score (nSPS) is 11.8. The van der Waals surface area contributed by atoms with Gasteiger partial charge >= 0.3 is 0 Å². The van der Waals surface area contributed by atoms with Crippen LogP contribution in [0.2, 0.25) is 0 Å². The highest BCUT2D eigenvalue weighted by molar-refractivity contribution is 7.95. The molecule has 0 radical (unpaired) electrons. The van der Waals surface area contributed by atoms with E-state index in [9.17, 15) is 9.59 Å². The Morgan fingerprint density at radius 3 is 1.21 bits per heavy atom. The molecule has 3 N–H and O–H groups in total. The van der Waals surface area contributed by atoms with Gasteiger partial charge in [0, 0.05) is 10.9 Å². The minimum absolute atomic E-state index is 0.361. The first-order valence-corrected chi connectivity index (χ1v) is 14.5. The van der Waals surface area contributed by atoms with E-state index in [0.29, 0.717) is 5.56 Å². The van der Waals surface area contributed by atoms with Crippen molar-refractivity contribution in [1.82, 2.24) is 5.32 Å². The van der Waals surface area contributed by atoms with Crippen molar-refractivity contribution < 1.29 is 9.59 Å². The predicted octanol–water partition coefficient (Wildman–Crippen LogP) is 4.49. The Labute approximate surface area is 229 Å². The molecule has 2 amide bonds. The average molecular weight is 529 g/mol. The molecule has 0 fully saturated rings. The van der Waals surface area contributed by atoms with Crippen LogP contribution >= 0.6 is 6.89 Å². The maximum atomic E-state index is 13.5. The lowest BCUT2D eigenvalue weighted by Gasteiger charge is -2.36. The van der Waals surface area contributed by atoms with Crippen molar-refractivity contribution in [2.45, 2.75) is 6.04 Å². The topological polar surface area (TPSA) is 72.2 Å². The van der Waals surface area contributed by atoms with Crippen LogP contribution in [-0.2, 0) is 4.79 Å². The molecule has 0 bridgehead atoms. The third kappa shape index (κ3) is 5.20. The van der Waals surface area contributed by atoms with E-state index in [2.05, 4.69) is 41.7 Å². The van der Waals surface area contributed by atoms with Gasteiger partial charge in [0.2, 0.25) is 5.91 Å². The molecule has 4 nitrogen and oxygen atoms in total. The molecule has 5 aromatic carbocycles. The highest BCUT2D eigenvalue weighted by atomic mass is 31.2. The summed E-state index contributed by atoms with van der Waals surface area (Å²) in [6.07, 6.45) is 0. The van der Waals surface area contributed by atoms with Crippen molar-refractivity contribution in [1.29, 1.82) is 0 Å². The number of benzene rings is 5. The van der Waals surface area contributed by atoms with Gasteiger partial charge in [-0.1, -0.05) is 140 Å². The van der Waals surface area contributed by atoms with Crippen LogP contribution in [0, 0.1) is 0 Å². The molecule has 0 aliphatic rings. The first-order chi connectivity index (χ1) is 19.1. The van der Waals surface area contributed by atoms with Gasteiger partial charge in [0.15, 0.2) is 0 Å². The molecular formula is C34H29N2O2P. The number of hydrogen-bond acceptors (Lipinski definition) is 2. The van der Waals surface area contributed by atoms with Gasteiger partial charge in [-0.25, -0.2) is 0 Å². The van der Waals surface area contributed by atoms with Gasteiger partial charge in [-0.2, -0.15) is 0 Å². The quantitative estimate of drug-likeness (QED) is 0.292. The first kappa shape index (κ1) is 26.0. The van der Waals surface area contributed by atoms with Gasteiger partial charge in [0.25, 0.3) is 5.91 Å². The van der Waals surface area contributed by atoms with Crippen LogP contribution < -0.4 is 27.0 Å². The summed E-state index contributed by atoms with van der Waals surface area (Å²) in [5.41, 5.74) is 7.48. The van der Waals surface area contributed by atoms with E-state index in [1.165, 1.54) is 0 Å². The van der Waals surface area contributed by atoms with Gasteiger partial charge in [-0.3, -0.25) is 9.59 Å². The fraction of sp³-hybridized carbons (Fsp3) is 0.0294. The highest BCUT2D eigenvalue weighted by Crippen LogP contribution is 2.48. The molecule has 192 valence electrons. The summed E-state index contributed by atoms with van der Waals surface area (Å²) in [7, 11) is 0. The molecule has 5 aromatic rings. The van der Waals surface area contributed by atoms with E-state index in [0.717, 1.165) is 26.8 Å². The number of rotatable bonds is 8. The van der Waals surface area contributed by atoms with Crippen LogP contribution in [0.15, 0.2) is 152 Å². The van der Waals surface area contributed by atoms with E-state index < -0.39 is 18.8 Å². The van der Waals surface area contributed by atoms with Crippen LogP contribution in [0.25, 0.3) is 0 Å². The summed E-state index contributed by atoms with van der Waals surface area (Å²) in [5.74, 6) is -0.981. The molecule has 0 heterocycles. The lowest BCUT2D eigenvalue weighted by molar-refractivity contribution is -0.118. The summed E-state index contributed by atoms with van der Waals surface area (Å²) in [6, 6.07) is 48.3. The first-order valence-electron chi connectivity index (χ1n) is 12.8. The van der Waals surface area contributed by atoms with E-state index in [1.54, 1.807) is 24.3 Å². The van der Waals surface area contributed by atoms with Crippen molar-refractivity contribution in [3.8, 4) is 0 Å². The molecule has 0 saturated heterocycles. The van der Waals surface area contributed by atoms with E-state index >= 15 is 0 Å². The van der Waals surface area contributed by atoms with Crippen molar-refractivity contribution in [3.63, 3.8) is 0 Å².